The van der Waals surface area contributed by atoms with Crippen LogP contribution in [-0.4, -0.2) is 41.0 Å². The number of hydrogen-bond acceptors (Lipinski definition) is 8. The summed E-state index contributed by atoms with van der Waals surface area (Å²) in [5, 5.41) is 22.2. The van der Waals surface area contributed by atoms with E-state index in [2.05, 4.69) is 15.5 Å². The summed E-state index contributed by atoms with van der Waals surface area (Å²) in [5.41, 5.74) is 3.15. The number of carbonyl (C=O) groups excluding carboxylic acids is 2. The van der Waals surface area contributed by atoms with Crippen molar-refractivity contribution in [2.24, 2.45) is 0 Å². The average molecular weight is 469 g/mol. The third-order valence-electron chi connectivity index (χ3n) is 5.23. The van der Waals surface area contributed by atoms with Crippen LogP contribution in [0.1, 0.15) is 27.6 Å². The van der Waals surface area contributed by atoms with Gasteiger partial charge in [-0.25, -0.2) is 9.59 Å². The molecule has 0 atom stereocenters. The van der Waals surface area contributed by atoms with Crippen LogP contribution in [0.5, 0.6) is 5.75 Å². The van der Waals surface area contributed by atoms with Crippen molar-refractivity contribution in [3.05, 3.63) is 90.0 Å². The van der Waals surface area contributed by atoms with E-state index in [1.807, 2.05) is 60.7 Å². The molecule has 35 heavy (non-hydrogen) atoms. The number of carbonyl (C=O) groups is 2. The Bertz CT molecular complexity index is 1360. The number of aromatic nitrogens is 2. The Balaban J connectivity index is 1.92. The molecule has 0 fully saturated rings. The van der Waals surface area contributed by atoms with Crippen molar-refractivity contribution in [1.29, 1.82) is 0 Å². The van der Waals surface area contributed by atoms with E-state index in [0.717, 1.165) is 11.1 Å². The number of phenols is 1. The van der Waals surface area contributed by atoms with E-state index in [4.69, 9.17) is 9.47 Å². The minimum Gasteiger partial charge on any atom is -0.506 e. The molecule has 8 nitrogen and oxygen atoms in total. The lowest BCUT2D eigenvalue weighted by molar-refractivity contribution is 0.0527. The number of nitrogens with zero attached hydrogens (tertiary/aromatic N) is 2. The molecule has 4 aromatic rings. The molecule has 4 rings (SSSR count). The number of benzene rings is 3. The van der Waals surface area contributed by atoms with E-state index in [-0.39, 0.29) is 35.0 Å². The Morgan fingerprint density at radius 2 is 1.54 bits per heavy atom. The van der Waals surface area contributed by atoms with Crippen molar-refractivity contribution >= 4 is 23.4 Å². The lowest BCUT2D eigenvalue weighted by atomic mass is 9.95. The average Bonchev–Trinajstić information content (AvgIpc) is 2.90. The number of hydrogen-bond donors (Lipinski definition) is 2. The number of rotatable bonds is 7. The molecule has 0 unspecified atom stereocenters. The second kappa shape index (κ2) is 10.5. The molecule has 0 saturated carbocycles. The molecular weight excluding hydrogens is 446 g/mol. The molecule has 0 bridgehead atoms. The zero-order valence-electron chi connectivity index (χ0n) is 19.2. The number of anilines is 2. The van der Waals surface area contributed by atoms with Crippen LogP contribution in [0, 0.1) is 0 Å². The molecule has 3 aromatic carbocycles. The molecule has 0 aliphatic carbocycles. The standard InChI is InChI=1S/C27H23N3O5/c1-3-35-27(33)23-22(17-10-6-4-7-11-17)24(18-12-8-5-9-13-18)29-30-25(23)28-20-15-14-19(16-21(20)31)26(32)34-2/h4-16,31H,3H2,1-2H3,(H,28,30). The molecule has 0 amide bonds. The van der Waals surface area contributed by atoms with E-state index in [0.29, 0.717) is 11.3 Å². The van der Waals surface area contributed by atoms with E-state index in [1.165, 1.54) is 25.3 Å². The fourth-order valence-electron chi connectivity index (χ4n) is 3.62. The van der Waals surface area contributed by atoms with Crippen LogP contribution >= 0.6 is 0 Å². The third kappa shape index (κ3) is 4.96. The summed E-state index contributed by atoms with van der Waals surface area (Å²) in [6.45, 7) is 1.88. The van der Waals surface area contributed by atoms with Crippen molar-refractivity contribution in [2.45, 2.75) is 6.92 Å². The summed E-state index contributed by atoms with van der Waals surface area (Å²) in [7, 11) is 1.26. The number of ether oxygens (including phenoxy) is 2. The Morgan fingerprint density at radius 1 is 0.886 bits per heavy atom. The number of aromatic hydroxyl groups is 1. The van der Waals surface area contributed by atoms with Crippen LogP contribution < -0.4 is 5.32 Å². The first-order chi connectivity index (χ1) is 17.0. The molecule has 8 heteroatoms. The van der Waals surface area contributed by atoms with Gasteiger partial charge in [0.2, 0.25) is 0 Å². The van der Waals surface area contributed by atoms with Crippen LogP contribution in [0.3, 0.4) is 0 Å². The molecule has 2 N–H and O–H groups in total. The van der Waals surface area contributed by atoms with Crippen molar-refractivity contribution < 1.29 is 24.2 Å². The molecule has 1 heterocycles. The van der Waals surface area contributed by atoms with Gasteiger partial charge < -0.3 is 19.9 Å². The van der Waals surface area contributed by atoms with Gasteiger partial charge in [0.05, 0.1) is 25.0 Å². The lowest BCUT2D eigenvalue weighted by Crippen LogP contribution is -2.14. The lowest BCUT2D eigenvalue weighted by Gasteiger charge is -2.18. The van der Waals surface area contributed by atoms with Crippen LogP contribution in [0.25, 0.3) is 22.4 Å². The SMILES string of the molecule is CCOC(=O)c1c(Nc2ccc(C(=O)OC)cc2O)nnc(-c2ccccc2)c1-c1ccccc1. The highest BCUT2D eigenvalue weighted by atomic mass is 16.5. The Hall–Kier alpha value is -4.72. The van der Waals surface area contributed by atoms with Crippen molar-refractivity contribution in [3.8, 4) is 28.1 Å². The normalized spacial score (nSPS) is 10.5. The fourth-order valence-corrected chi connectivity index (χ4v) is 3.62. The molecule has 176 valence electrons. The second-order valence-electron chi connectivity index (χ2n) is 7.45. The van der Waals surface area contributed by atoms with Gasteiger partial charge in [-0.05, 0) is 30.7 Å². The van der Waals surface area contributed by atoms with E-state index in [1.54, 1.807) is 6.92 Å². The first-order valence-corrected chi connectivity index (χ1v) is 10.9. The summed E-state index contributed by atoms with van der Waals surface area (Å²) >= 11 is 0. The van der Waals surface area contributed by atoms with Gasteiger partial charge >= 0.3 is 11.9 Å². The first-order valence-electron chi connectivity index (χ1n) is 10.9. The summed E-state index contributed by atoms with van der Waals surface area (Å²) < 4.78 is 10.1. The largest absolute Gasteiger partial charge is 0.506 e. The minimum atomic E-state index is -0.591. The number of methoxy groups -OCH3 is 1. The van der Waals surface area contributed by atoms with Gasteiger partial charge in [0.15, 0.2) is 5.82 Å². The Labute approximate surface area is 202 Å². The van der Waals surface area contributed by atoms with Gasteiger partial charge in [-0.3, -0.25) is 0 Å². The van der Waals surface area contributed by atoms with Crippen molar-refractivity contribution in [1.82, 2.24) is 10.2 Å². The third-order valence-corrected chi connectivity index (χ3v) is 5.23. The predicted octanol–water partition coefficient (Wildman–Crippen LogP) is 5.22. The highest BCUT2D eigenvalue weighted by Gasteiger charge is 2.26. The molecular formula is C27H23N3O5. The monoisotopic (exact) mass is 469 g/mol. The summed E-state index contributed by atoms with van der Waals surface area (Å²) in [6.07, 6.45) is 0. The second-order valence-corrected chi connectivity index (χ2v) is 7.45. The molecule has 0 aliphatic heterocycles. The quantitative estimate of drug-likeness (QED) is 0.280. The summed E-state index contributed by atoms with van der Waals surface area (Å²) in [4.78, 5) is 25.0. The molecule has 0 spiro atoms. The smallest absolute Gasteiger partial charge is 0.342 e. The van der Waals surface area contributed by atoms with Crippen LogP contribution in [-0.2, 0) is 9.47 Å². The van der Waals surface area contributed by atoms with Crippen LogP contribution in [0.2, 0.25) is 0 Å². The predicted molar refractivity (Wildman–Crippen MR) is 132 cm³/mol. The Morgan fingerprint density at radius 3 is 2.14 bits per heavy atom. The maximum absolute atomic E-state index is 13.2. The van der Waals surface area contributed by atoms with Gasteiger partial charge in [-0.2, -0.15) is 0 Å². The summed E-state index contributed by atoms with van der Waals surface area (Å²) in [5.74, 6) is -1.30. The summed E-state index contributed by atoms with van der Waals surface area (Å²) in [6, 6.07) is 23.0. The maximum atomic E-state index is 13.2. The van der Waals surface area contributed by atoms with Crippen molar-refractivity contribution in [3.63, 3.8) is 0 Å². The number of phenolic OH excluding ortho intramolecular Hbond substituents is 1. The number of nitrogens with one attached hydrogen (secondary N) is 1. The van der Waals surface area contributed by atoms with Crippen molar-refractivity contribution in [2.75, 3.05) is 19.0 Å². The van der Waals surface area contributed by atoms with Gasteiger partial charge in [0, 0.05) is 11.1 Å². The minimum absolute atomic E-state index is 0.100. The molecule has 1 aromatic heterocycles. The zero-order valence-corrected chi connectivity index (χ0v) is 19.2. The molecule has 0 radical (unpaired) electrons. The van der Waals surface area contributed by atoms with E-state index < -0.39 is 11.9 Å². The van der Waals surface area contributed by atoms with Gasteiger partial charge in [-0.1, -0.05) is 60.7 Å². The number of esters is 2. The highest BCUT2D eigenvalue weighted by Crippen LogP contribution is 2.38. The van der Waals surface area contributed by atoms with E-state index >= 15 is 0 Å². The van der Waals surface area contributed by atoms with Crippen LogP contribution in [0.15, 0.2) is 78.9 Å². The van der Waals surface area contributed by atoms with Crippen LogP contribution in [0.4, 0.5) is 11.5 Å². The van der Waals surface area contributed by atoms with Gasteiger partial charge in [-0.15, -0.1) is 10.2 Å². The zero-order chi connectivity index (χ0) is 24.8. The fraction of sp³-hybridized carbons (Fsp3) is 0.111. The van der Waals surface area contributed by atoms with Gasteiger partial charge in [0.1, 0.15) is 17.0 Å². The van der Waals surface area contributed by atoms with Gasteiger partial charge in [0.25, 0.3) is 0 Å². The van der Waals surface area contributed by atoms with E-state index in [9.17, 15) is 14.7 Å². The molecule has 0 saturated heterocycles. The topological polar surface area (TPSA) is 111 Å². The highest BCUT2D eigenvalue weighted by molar-refractivity contribution is 6.06. The maximum Gasteiger partial charge on any atom is 0.342 e. The molecule has 0 aliphatic rings. The first kappa shape index (κ1) is 23.4. The Kier molecular flexibility index (Phi) is 7.02.